The third kappa shape index (κ3) is 2.55. The van der Waals surface area contributed by atoms with Crippen LogP contribution in [0, 0.1) is 5.82 Å². The van der Waals surface area contributed by atoms with E-state index in [9.17, 15) is 4.39 Å². The van der Waals surface area contributed by atoms with Crippen LogP contribution in [0.25, 0.3) is 10.6 Å². The number of rotatable bonds is 3. The molecule has 1 aliphatic rings. The van der Waals surface area contributed by atoms with Crippen LogP contribution in [0.5, 0.6) is 0 Å². The number of hydrogen-bond acceptors (Lipinski definition) is 3. The Labute approximate surface area is 116 Å². The number of thiazole rings is 1. The molecule has 4 heteroatoms. The number of likely N-dealkylation sites (N-methyl/N-ethyl adjacent to an activating group) is 1. The van der Waals surface area contributed by atoms with Gasteiger partial charge in [-0.05, 0) is 38.4 Å². The van der Waals surface area contributed by atoms with E-state index in [1.807, 2.05) is 13.1 Å². The summed E-state index contributed by atoms with van der Waals surface area (Å²) in [6.07, 6.45) is 3.53. The standard InChI is InChI=1S/C15H17FN2S/c1-17-9-11-5-3-7-13-14(11)18-15(19-13)10-4-2-6-12(16)8-10/h2,4,6,8,11,17H,3,5,7,9H2,1H3. The molecule has 1 heterocycles. The van der Waals surface area contributed by atoms with Gasteiger partial charge in [-0.1, -0.05) is 12.1 Å². The van der Waals surface area contributed by atoms with Crippen LogP contribution < -0.4 is 5.32 Å². The molecule has 19 heavy (non-hydrogen) atoms. The lowest BCUT2D eigenvalue weighted by Gasteiger charge is -2.20. The molecule has 1 aromatic carbocycles. The van der Waals surface area contributed by atoms with Crippen molar-refractivity contribution in [3.8, 4) is 10.6 Å². The lowest BCUT2D eigenvalue weighted by molar-refractivity contribution is 0.523. The van der Waals surface area contributed by atoms with Crippen molar-refractivity contribution in [2.45, 2.75) is 25.2 Å². The normalized spacial score (nSPS) is 18.3. The van der Waals surface area contributed by atoms with Gasteiger partial charge < -0.3 is 5.32 Å². The van der Waals surface area contributed by atoms with E-state index < -0.39 is 0 Å². The van der Waals surface area contributed by atoms with E-state index in [1.54, 1.807) is 23.5 Å². The first-order valence-electron chi connectivity index (χ1n) is 6.68. The Morgan fingerprint density at radius 3 is 3.16 bits per heavy atom. The molecule has 0 aliphatic heterocycles. The van der Waals surface area contributed by atoms with Crippen LogP contribution in [0.4, 0.5) is 4.39 Å². The highest BCUT2D eigenvalue weighted by atomic mass is 32.1. The lowest BCUT2D eigenvalue weighted by atomic mass is 9.91. The van der Waals surface area contributed by atoms with Crippen molar-refractivity contribution in [2.24, 2.45) is 0 Å². The zero-order valence-corrected chi connectivity index (χ0v) is 11.8. The molecule has 0 saturated carbocycles. The number of hydrogen-bond donors (Lipinski definition) is 1. The van der Waals surface area contributed by atoms with Crippen molar-refractivity contribution in [3.05, 3.63) is 40.7 Å². The molecule has 1 aromatic heterocycles. The molecule has 2 nitrogen and oxygen atoms in total. The van der Waals surface area contributed by atoms with Crippen LogP contribution in [0.15, 0.2) is 24.3 Å². The van der Waals surface area contributed by atoms with Gasteiger partial charge in [-0.2, -0.15) is 0 Å². The Morgan fingerprint density at radius 1 is 1.47 bits per heavy atom. The zero-order chi connectivity index (χ0) is 13.2. The summed E-state index contributed by atoms with van der Waals surface area (Å²) in [7, 11) is 1.98. The van der Waals surface area contributed by atoms with Gasteiger partial charge in [0.1, 0.15) is 10.8 Å². The predicted molar refractivity (Wildman–Crippen MR) is 77.1 cm³/mol. The second-order valence-electron chi connectivity index (χ2n) is 4.98. The molecule has 0 saturated heterocycles. The molecule has 1 N–H and O–H groups in total. The van der Waals surface area contributed by atoms with Gasteiger partial charge in [0.05, 0.1) is 5.69 Å². The summed E-state index contributed by atoms with van der Waals surface area (Å²) in [6, 6.07) is 6.72. The van der Waals surface area contributed by atoms with E-state index in [2.05, 4.69) is 5.32 Å². The number of nitrogens with one attached hydrogen (secondary N) is 1. The van der Waals surface area contributed by atoms with Crippen molar-refractivity contribution < 1.29 is 4.39 Å². The Hall–Kier alpha value is -1.26. The maximum atomic E-state index is 13.3. The van der Waals surface area contributed by atoms with Crippen LogP contribution in [-0.2, 0) is 6.42 Å². The van der Waals surface area contributed by atoms with Gasteiger partial charge in [-0.3, -0.25) is 0 Å². The average Bonchev–Trinajstić information content (AvgIpc) is 2.84. The van der Waals surface area contributed by atoms with E-state index in [4.69, 9.17) is 4.98 Å². The molecule has 3 rings (SSSR count). The van der Waals surface area contributed by atoms with E-state index in [1.165, 1.54) is 29.5 Å². The van der Waals surface area contributed by atoms with E-state index in [-0.39, 0.29) is 5.82 Å². The minimum atomic E-state index is -0.197. The van der Waals surface area contributed by atoms with E-state index >= 15 is 0 Å². The first-order valence-corrected chi connectivity index (χ1v) is 7.49. The molecule has 1 unspecified atom stereocenters. The Balaban J connectivity index is 1.97. The van der Waals surface area contributed by atoms with Crippen molar-refractivity contribution in [1.82, 2.24) is 10.3 Å². The molecule has 0 bridgehead atoms. The fourth-order valence-electron chi connectivity index (χ4n) is 2.70. The summed E-state index contributed by atoms with van der Waals surface area (Å²) in [6.45, 7) is 0.972. The second-order valence-corrected chi connectivity index (χ2v) is 6.07. The smallest absolute Gasteiger partial charge is 0.123 e. The van der Waals surface area contributed by atoms with Gasteiger partial charge in [-0.25, -0.2) is 9.37 Å². The quantitative estimate of drug-likeness (QED) is 0.926. The van der Waals surface area contributed by atoms with Gasteiger partial charge >= 0.3 is 0 Å². The highest BCUT2D eigenvalue weighted by Crippen LogP contribution is 2.37. The third-order valence-corrected chi connectivity index (χ3v) is 4.77. The molecule has 0 radical (unpaired) electrons. The first-order chi connectivity index (χ1) is 9.28. The Bertz CT molecular complexity index is 579. The zero-order valence-electron chi connectivity index (χ0n) is 10.9. The highest BCUT2D eigenvalue weighted by molar-refractivity contribution is 7.15. The van der Waals surface area contributed by atoms with E-state index in [0.717, 1.165) is 23.5 Å². The summed E-state index contributed by atoms with van der Waals surface area (Å²) in [5.74, 6) is 0.310. The van der Waals surface area contributed by atoms with Gasteiger partial charge in [0.25, 0.3) is 0 Å². The number of aromatic nitrogens is 1. The largest absolute Gasteiger partial charge is 0.319 e. The van der Waals surface area contributed by atoms with E-state index in [0.29, 0.717) is 5.92 Å². The average molecular weight is 276 g/mol. The fraction of sp³-hybridized carbons (Fsp3) is 0.400. The van der Waals surface area contributed by atoms with Crippen molar-refractivity contribution >= 4 is 11.3 Å². The number of nitrogens with zero attached hydrogens (tertiary/aromatic N) is 1. The maximum absolute atomic E-state index is 13.3. The molecular formula is C15H17FN2S. The number of halogens is 1. The Morgan fingerprint density at radius 2 is 2.37 bits per heavy atom. The highest BCUT2D eigenvalue weighted by Gasteiger charge is 2.24. The molecule has 0 amide bonds. The molecular weight excluding hydrogens is 259 g/mol. The molecule has 1 atom stereocenters. The van der Waals surface area contributed by atoms with Gasteiger partial charge in [0.15, 0.2) is 0 Å². The summed E-state index contributed by atoms with van der Waals surface area (Å²) >= 11 is 1.72. The van der Waals surface area contributed by atoms with Crippen LogP contribution in [0.3, 0.4) is 0 Å². The Kier molecular flexibility index (Phi) is 3.62. The minimum Gasteiger partial charge on any atom is -0.319 e. The van der Waals surface area contributed by atoms with Crippen molar-refractivity contribution in [3.63, 3.8) is 0 Å². The third-order valence-electron chi connectivity index (χ3n) is 3.59. The summed E-state index contributed by atoms with van der Waals surface area (Å²) in [5.41, 5.74) is 2.12. The minimum absolute atomic E-state index is 0.197. The first kappa shape index (κ1) is 12.8. The lowest BCUT2D eigenvalue weighted by Crippen LogP contribution is -2.20. The van der Waals surface area contributed by atoms with Crippen LogP contribution in [-0.4, -0.2) is 18.6 Å². The molecule has 100 valence electrons. The van der Waals surface area contributed by atoms with Crippen LogP contribution in [0.1, 0.15) is 29.3 Å². The van der Waals surface area contributed by atoms with Crippen molar-refractivity contribution in [1.29, 1.82) is 0 Å². The van der Waals surface area contributed by atoms with Gasteiger partial charge in [0.2, 0.25) is 0 Å². The predicted octanol–water partition coefficient (Wildman–Crippen LogP) is 3.59. The van der Waals surface area contributed by atoms with Crippen LogP contribution >= 0.6 is 11.3 Å². The molecule has 0 spiro atoms. The topological polar surface area (TPSA) is 24.9 Å². The van der Waals surface area contributed by atoms with Gasteiger partial charge in [-0.15, -0.1) is 11.3 Å². The van der Waals surface area contributed by atoms with Crippen LogP contribution in [0.2, 0.25) is 0 Å². The summed E-state index contributed by atoms with van der Waals surface area (Å²) < 4.78 is 13.3. The van der Waals surface area contributed by atoms with Crippen molar-refractivity contribution in [2.75, 3.05) is 13.6 Å². The molecule has 1 aliphatic carbocycles. The maximum Gasteiger partial charge on any atom is 0.123 e. The SMILES string of the molecule is CNCC1CCCc2sc(-c3cccc(F)c3)nc21. The second kappa shape index (κ2) is 5.39. The summed E-state index contributed by atoms with van der Waals surface area (Å²) in [5, 5.41) is 4.19. The number of fused-ring (bicyclic) bond motifs is 1. The number of aryl methyl sites for hydroxylation is 1. The molecule has 0 fully saturated rings. The van der Waals surface area contributed by atoms with Gasteiger partial charge in [0, 0.05) is 22.9 Å². The summed E-state index contributed by atoms with van der Waals surface area (Å²) in [4.78, 5) is 6.15. The monoisotopic (exact) mass is 276 g/mol. The number of benzene rings is 1. The molecule has 2 aromatic rings. The fourth-order valence-corrected chi connectivity index (χ4v) is 3.88.